The standard InChI is InChI=1S/C9H17N3/c1-7(2)8-6-11-12(3)9(8)4-5-10/h6-7H,4-5,10H2,1-3H3. The molecule has 3 heteroatoms. The third-order valence-corrected chi connectivity index (χ3v) is 2.10. The van der Waals surface area contributed by atoms with Crippen molar-refractivity contribution in [1.29, 1.82) is 0 Å². The van der Waals surface area contributed by atoms with E-state index in [1.165, 1.54) is 11.3 Å². The molecule has 0 saturated heterocycles. The van der Waals surface area contributed by atoms with Gasteiger partial charge in [-0.15, -0.1) is 0 Å². The van der Waals surface area contributed by atoms with E-state index in [0.717, 1.165) is 6.42 Å². The van der Waals surface area contributed by atoms with E-state index in [4.69, 9.17) is 5.73 Å². The summed E-state index contributed by atoms with van der Waals surface area (Å²) in [5.74, 6) is 0.542. The van der Waals surface area contributed by atoms with Crippen LogP contribution in [0.5, 0.6) is 0 Å². The second kappa shape index (κ2) is 3.72. The molecule has 0 aromatic carbocycles. The van der Waals surface area contributed by atoms with Crippen molar-refractivity contribution in [2.45, 2.75) is 26.2 Å². The molecule has 1 aromatic rings. The van der Waals surface area contributed by atoms with Crippen LogP contribution < -0.4 is 5.73 Å². The second-order valence-corrected chi connectivity index (χ2v) is 3.36. The number of nitrogens with zero attached hydrogens (tertiary/aromatic N) is 2. The monoisotopic (exact) mass is 167 g/mol. The summed E-state index contributed by atoms with van der Waals surface area (Å²) in [5, 5.41) is 4.22. The van der Waals surface area contributed by atoms with E-state index in [2.05, 4.69) is 18.9 Å². The maximum atomic E-state index is 5.52. The average molecular weight is 167 g/mol. The van der Waals surface area contributed by atoms with Crippen molar-refractivity contribution in [3.05, 3.63) is 17.5 Å². The van der Waals surface area contributed by atoms with Crippen LogP contribution in [0.1, 0.15) is 31.0 Å². The van der Waals surface area contributed by atoms with Gasteiger partial charge in [0, 0.05) is 19.2 Å². The molecule has 1 rings (SSSR count). The van der Waals surface area contributed by atoms with E-state index in [1.54, 1.807) is 0 Å². The van der Waals surface area contributed by atoms with Crippen LogP contribution in [0, 0.1) is 0 Å². The van der Waals surface area contributed by atoms with Crippen LogP contribution in [0.2, 0.25) is 0 Å². The largest absolute Gasteiger partial charge is 0.330 e. The Kier molecular flexibility index (Phi) is 2.87. The van der Waals surface area contributed by atoms with E-state index >= 15 is 0 Å². The van der Waals surface area contributed by atoms with Crippen molar-refractivity contribution >= 4 is 0 Å². The van der Waals surface area contributed by atoms with Crippen LogP contribution in [0.4, 0.5) is 0 Å². The zero-order valence-electron chi connectivity index (χ0n) is 8.04. The van der Waals surface area contributed by atoms with E-state index in [-0.39, 0.29) is 0 Å². The number of hydrogen-bond acceptors (Lipinski definition) is 2. The van der Waals surface area contributed by atoms with E-state index < -0.39 is 0 Å². The van der Waals surface area contributed by atoms with Crippen molar-refractivity contribution < 1.29 is 0 Å². The second-order valence-electron chi connectivity index (χ2n) is 3.36. The summed E-state index contributed by atoms with van der Waals surface area (Å²) in [6, 6.07) is 0. The fourth-order valence-electron chi connectivity index (χ4n) is 1.40. The van der Waals surface area contributed by atoms with Crippen LogP contribution in [0.3, 0.4) is 0 Å². The van der Waals surface area contributed by atoms with Crippen LogP contribution >= 0.6 is 0 Å². The van der Waals surface area contributed by atoms with Gasteiger partial charge < -0.3 is 5.73 Å². The van der Waals surface area contributed by atoms with Gasteiger partial charge in [0.25, 0.3) is 0 Å². The maximum Gasteiger partial charge on any atom is 0.0527 e. The molecule has 0 aliphatic carbocycles. The molecule has 0 spiro atoms. The van der Waals surface area contributed by atoms with Gasteiger partial charge in [0.05, 0.1) is 6.20 Å². The SMILES string of the molecule is CC(C)c1cnn(C)c1CCN. The first-order valence-electron chi connectivity index (χ1n) is 4.37. The van der Waals surface area contributed by atoms with Crippen molar-refractivity contribution in [1.82, 2.24) is 9.78 Å². The van der Waals surface area contributed by atoms with Gasteiger partial charge in [0.1, 0.15) is 0 Å². The van der Waals surface area contributed by atoms with Crippen molar-refractivity contribution in [2.24, 2.45) is 12.8 Å². The molecule has 12 heavy (non-hydrogen) atoms. The first kappa shape index (κ1) is 9.26. The third kappa shape index (κ3) is 1.67. The Labute approximate surface area is 73.6 Å². The molecular formula is C9H17N3. The molecule has 0 atom stereocenters. The molecule has 1 heterocycles. The molecule has 0 aliphatic rings. The highest BCUT2D eigenvalue weighted by Crippen LogP contribution is 2.18. The Morgan fingerprint density at radius 1 is 1.58 bits per heavy atom. The first-order valence-corrected chi connectivity index (χ1v) is 4.37. The Morgan fingerprint density at radius 2 is 2.25 bits per heavy atom. The lowest BCUT2D eigenvalue weighted by Gasteiger charge is -2.06. The lowest BCUT2D eigenvalue weighted by molar-refractivity contribution is 0.697. The van der Waals surface area contributed by atoms with Gasteiger partial charge in [-0.25, -0.2) is 0 Å². The highest BCUT2D eigenvalue weighted by molar-refractivity contribution is 5.21. The fraction of sp³-hybridized carbons (Fsp3) is 0.667. The van der Waals surface area contributed by atoms with E-state index in [0.29, 0.717) is 12.5 Å². The molecule has 3 nitrogen and oxygen atoms in total. The van der Waals surface area contributed by atoms with E-state index in [1.807, 2.05) is 17.9 Å². The summed E-state index contributed by atoms with van der Waals surface area (Å²) in [5.41, 5.74) is 8.11. The lowest BCUT2D eigenvalue weighted by Crippen LogP contribution is -2.09. The molecule has 0 saturated carbocycles. The molecule has 0 aliphatic heterocycles. The molecule has 0 amide bonds. The molecule has 1 aromatic heterocycles. The van der Waals surface area contributed by atoms with Gasteiger partial charge in [-0.3, -0.25) is 4.68 Å². The van der Waals surface area contributed by atoms with Gasteiger partial charge in [-0.05, 0) is 18.0 Å². The van der Waals surface area contributed by atoms with Gasteiger partial charge in [0.2, 0.25) is 0 Å². The van der Waals surface area contributed by atoms with Crippen molar-refractivity contribution in [2.75, 3.05) is 6.54 Å². The minimum absolute atomic E-state index is 0.542. The Balaban J connectivity index is 2.95. The lowest BCUT2D eigenvalue weighted by atomic mass is 10.0. The maximum absolute atomic E-state index is 5.52. The third-order valence-electron chi connectivity index (χ3n) is 2.10. The minimum Gasteiger partial charge on any atom is -0.330 e. The minimum atomic E-state index is 0.542. The van der Waals surface area contributed by atoms with Gasteiger partial charge in [-0.2, -0.15) is 5.10 Å². The number of nitrogens with two attached hydrogens (primary N) is 1. The van der Waals surface area contributed by atoms with Crippen LogP contribution in [0.15, 0.2) is 6.20 Å². The van der Waals surface area contributed by atoms with Crippen molar-refractivity contribution in [3.63, 3.8) is 0 Å². The Bertz CT molecular complexity index is 250. The molecule has 0 radical (unpaired) electrons. The highest BCUT2D eigenvalue weighted by Gasteiger charge is 2.09. The topological polar surface area (TPSA) is 43.8 Å². The summed E-state index contributed by atoms with van der Waals surface area (Å²) in [6.45, 7) is 5.05. The van der Waals surface area contributed by atoms with Gasteiger partial charge >= 0.3 is 0 Å². The summed E-state index contributed by atoms with van der Waals surface area (Å²) in [6.07, 6.45) is 2.86. The number of hydrogen-bond donors (Lipinski definition) is 1. The summed E-state index contributed by atoms with van der Waals surface area (Å²) >= 11 is 0. The summed E-state index contributed by atoms with van der Waals surface area (Å²) in [7, 11) is 1.97. The molecule has 0 bridgehead atoms. The van der Waals surface area contributed by atoms with Gasteiger partial charge in [0.15, 0.2) is 0 Å². The van der Waals surface area contributed by atoms with Crippen LogP contribution in [-0.2, 0) is 13.5 Å². The van der Waals surface area contributed by atoms with E-state index in [9.17, 15) is 0 Å². The summed E-state index contributed by atoms with van der Waals surface area (Å²) < 4.78 is 1.92. The Hall–Kier alpha value is -0.830. The molecular weight excluding hydrogens is 150 g/mol. The Morgan fingerprint density at radius 3 is 2.75 bits per heavy atom. The number of aryl methyl sites for hydroxylation is 1. The number of aromatic nitrogens is 2. The molecule has 0 fully saturated rings. The summed E-state index contributed by atoms with van der Waals surface area (Å²) in [4.78, 5) is 0. The fourth-order valence-corrected chi connectivity index (χ4v) is 1.40. The quantitative estimate of drug-likeness (QED) is 0.731. The molecule has 2 N–H and O–H groups in total. The predicted octanol–water partition coefficient (Wildman–Crippen LogP) is 1.04. The first-order chi connectivity index (χ1) is 5.66. The van der Waals surface area contributed by atoms with Crippen molar-refractivity contribution in [3.8, 4) is 0 Å². The van der Waals surface area contributed by atoms with Crippen LogP contribution in [0.25, 0.3) is 0 Å². The normalized spacial score (nSPS) is 11.1. The highest BCUT2D eigenvalue weighted by atomic mass is 15.3. The zero-order chi connectivity index (χ0) is 9.14. The number of rotatable bonds is 3. The van der Waals surface area contributed by atoms with Gasteiger partial charge in [-0.1, -0.05) is 13.8 Å². The molecule has 68 valence electrons. The average Bonchev–Trinajstić information content (AvgIpc) is 2.34. The predicted molar refractivity (Wildman–Crippen MR) is 50.1 cm³/mol. The zero-order valence-corrected chi connectivity index (χ0v) is 8.04. The smallest absolute Gasteiger partial charge is 0.0527 e. The molecule has 0 unspecified atom stereocenters. The van der Waals surface area contributed by atoms with Crippen LogP contribution in [-0.4, -0.2) is 16.3 Å².